The predicted molar refractivity (Wildman–Crippen MR) is 49.6 cm³/mol. The van der Waals surface area contributed by atoms with Gasteiger partial charge in [0.15, 0.2) is 0 Å². The molecule has 2 fully saturated rings. The molecule has 1 heterocycles. The molecule has 0 aromatic heterocycles. The molecular weight excluding hydrogens is 166 g/mol. The summed E-state index contributed by atoms with van der Waals surface area (Å²) in [6.07, 6.45) is 2.26. The number of piperazine rings is 1. The van der Waals surface area contributed by atoms with E-state index in [-0.39, 0.29) is 11.9 Å². The van der Waals surface area contributed by atoms with Gasteiger partial charge < -0.3 is 10.2 Å². The van der Waals surface area contributed by atoms with Crippen LogP contribution in [0.2, 0.25) is 0 Å². The van der Waals surface area contributed by atoms with Crippen LogP contribution in [0.1, 0.15) is 19.8 Å². The van der Waals surface area contributed by atoms with Gasteiger partial charge in [-0.2, -0.15) is 0 Å². The maximum Gasteiger partial charge on any atom is 0.242 e. The summed E-state index contributed by atoms with van der Waals surface area (Å²) in [4.78, 5) is 13.2. The lowest BCUT2D eigenvalue weighted by Crippen LogP contribution is -2.56. The van der Waals surface area contributed by atoms with Gasteiger partial charge in [-0.1, -0.05) is 0 Å². The molecule has 72 valence electrons. The average molecular weight is 181 g/mol. The first-order valence-electron chi connectivity index (χ1n) is 4.83. The van der Waals surface area contributed by atoms with E-state index in [4.69, 9.17) is 5.41 Å². The van der Waals surface area contributed by atoms with Crippen LogP contribution in [0.4, 0.5) is 0 Å². The summed E-state index contributed by atoms with van der Waals surface area (Å²) in [7, 11) is 0. The second-order valence-electron chi connectivity index (χ2n) is 3.82. The topological polar surface area (TPSA) is 56.2 Å². The van der Waals surface area contributed by atoms with Crippen LogP contribution in [0.3, 0.4) is 0 Å². The third-order valence-electron chi connectivity index (χ3n) is 2.77. The molecular formula is C9H15N3O. The molecule has 1 saturated heterocycles. The number of carbonyl (C=O) groups is 1. The number of nitrogens with zero attached hydrogens (tertiary/aromatic N) is 1. The van der Waals surface area contributed by atoms with Gasteiger partial charge in [0.2, 0.25) is 5.91 Å². The number of amidine groups is 1. The quantitative estimate of drug-likeness (QED) is 0.448. The van der Waals surface area contributed by atoms with Gasteiger partial charge in [0.1, 0.15) is 6.04 Å². The molecule has 0 spiro atoms. The Balaban J connectivity index is 2.03. The van der Waals surface area contributed by atoms with Crippen molar-refractivity contribution in [3.8, 4) is 0 Å². The van der Waals surface area contributed by atoms with Crippen molar-refractivity contribution in [3.05, 3.63) is 0 Å². The smallest absolute Gasteiger partial charge is 0.242 e. The fourth-order valence-corrected chi connectivity index (χ4v) is 1.70. The van der Waals surface area contributed by atoms with E-state index < -0.39 is 0 Å². The van der Waals surface area contributed by atoms with E-state index in [0.29, 0.717) is 18.3 Å². The fraction of sp³-hybridized carbons (Fsp3) is 0.778. The van der Waals surface area contributed by atoms with E-state index >= 15 is 0 Å². The Morgan fingerprint density at radius 1 is 1.62 bits per heavy atom. The minimum Gasteiger partial charge on any atom is -0.353 e. The first-order chi connectivity index (χ1) is 6.20. The minimum atomic E-state index is -0.151. The molecule has 0 bridgehead atoms. The summed E-state index contributed by atoms with van der Waals surface area (Å²) in [5, 5.41) is 10.7. The Hall–Kier alpha value is -1.06. The van der Waals surface area contributed by atoms with Gasteiger partial charge in [0.25, 0.3) is 0 Å². The molecule has 2 rings (SSSR count). The van der Waals surface area contributed by atoms with Crippen LogP contribution in [0, 0.1) is 11.3 Å². The summed E-state index contributed by atoms with van der Waals surface area (Å²) in [6.45, 7) is 3.34. The third kappa shape index (κ3) is 1.53. The molecule has 0 aromatic rings. The molecule has 2 N–H and O–H groups in total. The van der Waals surface area contributed by atoms with E-state index in [1.54, 1.807) is 0 Å². The average Bonchev–Trinajstić information content (AvgIpc) is 2.91. The van der Waals surface area contributed by atoms with Crippen molar-refractivity contribution in [1.82, 2.24) is 10.2 Å². The summed E-state index contributed by atoms with van der Waals surface area (Å²) in [6, 6.07) is -0.151. The molecule has 4 heteroatoms. The van der Waals surface area contributed by atoms with Gasteiger partial charge in [0, 0.05) is 19.0 Å². The molecule has 1 aliphatic carbocycles. The highest BCUT2D eigenvalue weighted by molar-refractivity contribution is 5.91. The molecule has 0 radical (unpaired) electrons. The highest BCUT2D eigenvalue weighted by Gasteiger charge is 2.35. The second kappa shape index (κ2) is 3.01. The first kappa shape index (κ1) is 8.53. The lowest BCUT2D eigenvalue weighted by atomic mass is 10.2. The third-order valence-corrected chi connectivity index (χ3v) is 2.77. The zero-order valence-corrected chi connectivity index (χ0v) is 7.84. The fourth-order valence-electron chi connectivity index (χ4n) is 1.70. The van der Waals surface area contributed by atoms with Gasteiger partial charge in [-0.25, -0.2) is 0 Å². The molecule has 1 atom stereocenters. The molecule has 4 nitrogen and oxygen atoms in total. The standard InChI is InChI=1S/C9H15N3O/c1-6-9(13)11-4-5-12(6)8(10)7-2-3-7/h6-7,10H,2-5H2,1H3,(H,11,13). The Morgan fingerprint density at radius 3 is 2.92 bits per heavy atom. The molecule has 1 saturated carbocycles. The van der Waals surface area contributed by atoms with Crippen molar-refractivity contribution in [2.45, 2.75) is 25.8 Å². The van der Waals surface area contributed by atoms with E-state index in [1.807, 2.05) is 11.8 Å². The Morgan fingerprint density at radius 2 is 2.31 bits per heavy atom. The van der Waals surface area contributed by atoms with Crippen LogP contribution >= 0.6 is 0 Å². The van der Waals surface area contributed by atoms with Crippen molar-refractivity contribution in [1.29, 1.82) is 5.41 Å². The number of hydrogen-bond acceptors (Lipinski definition) is 2. The first-order valence-corrected chi connectivity index (χ1v) is 4.83. The highest BCUT2D eigenvalue weighted by atomic mass is 16.2. The lowest BCUT2D eigenvalue weighted by Gasteiger charge is -2.34. The number of nitrogens with one attached hydrogen (secondary N) is 2. The normalized spacial score (nSPS) is 28.5. The van der Waals surface area contributed by atoms with Crippen molar-refractivity contribution in [2.75, 3.05) is 13.1 Å². The largest absolute Gasteiger partial charge is 0.353 e. The molecule has 0 aromatic carbocycles. The van der Waals surface area contributed by atoms with Crippen LogP contribution in [-0.4, -0.2) is 35.8 Å². The predicted octanol–water partition coefficient (Wildman–Crippen LogP) is 0.194. The summed E-state index contributed by atoms with van der Waals surface area (Å²) in [5.74, 6) is 1.16. The van der Waals surface area contributed by atoms with E-state index in [9.17, 15) is 4.79 Å². The van der Waals surface area contributed by atoms with Gasteiger partial charge in [-0.3, -0.25) is 10.2 Å². The van der Waals surface area contributed by atoms with Crippen LogP contribution in [0.15, 0.2) is 0 Å². The monoisotopic (exact) mass is 181 g/mol. The molecule has 2 aliphatic rings. The van der Waals surface area contributed by atoms with Crippen molar-refractivity contribution >= 4 is 11.7 Å². The molecule has 1 amide bonds. The van der Waals surface area contributed by atoms with Crippen LogP contribution in [0.5, 0.6) is 0 Å². The Labute approximate surface area is 77.8 Å². The van der Waals surface area contributed by atoms with Crippen LogP contribution < -0.4 is 5.32 Å². The molecule has 13 heavy (non-hydrogen) atoms. The molecule has 1 aliphatic heterocycles. The van der Waals surface area contributed by atoms with Gasteiger partial charge in [-0.05, 0) is 19.8 Å². The summed E-state index contributed by atoms with van der Waals surface area (Å²) < 4.78 is 0. The second-order valence-corrected chi connectivity index (χ2v) is 3.82. The number of amides is 1. The highest BCUT2D eigenvalue weighted by Crippen LogP contribution is 2.32. The van der Waals surface area contributed by atoms with E-state index in [0.717, 1.165) is 19.4 Å². The SMILES string of the molecule is CC1C(=O)NCCN1C(=N)C1CC1. The Kier molecular flexibility index (Phi) is 1.98. The zero-order chi connectivity index (χ0) is 9.42. The maximum atomic E-state index is 11.3. The van der Waals surface area contributed by atoms with Crippen molar-refractivity contribution < 1.29 is 4.79 Å². The van der Waals surface area contributed by atoms with E-state index in [1.165, 1.54) is 0 Å². The molecule has 1 unspecified atom stereocenters. The lowest BCUT2D eigenvalue weighted by molar-refractivity contribution is -0.126. The number of carbonyl (C=O) groups excluding carboxylic acids is 1. The zero-order valence-electron chi connectivity index (χ0n) is 7.84. The number of rotatable bonds is 1. The van der Waals surface area contributed by atoms with Gasteiger partial charge in [0.05, 0.1) is 5.84 Å². The van der Waals surface area contributed by atoms with Gasteiger partial charge in [-0.15, -0.1) is 0 Å². The van der Waals surface area contributed by atoms with Crippen LogP contribution in [-0.2, 0) is 4.79 Å². The summed E-state index contributed by atoms with van der Waals surface area (Å²) in [5.41, 5.74) is 0. The van der Waals surface area contributed by atoms with Crippen LogP contribution in [0.25, 0.3) is 0 Å². The maximum absolute atomic E-state index is 11.3. The van der Waals surface area contributed by atoms with Gasteiger partial charge >= 0.3 is 0 Å². The number of hydrogen-bond donors (Lipinski definition) is 2. The van der Waals surface area contributed by atoms with Crippen molar-refractivity contribution in [2.24, 2.45) is 5.92 Å². The van der Waals surface area contributed by atoms with E-state index in [2.05, 4.69) is 5.32 Å². The summed E-state index contributed by atoms with van der Waals surface area (Å²) >= 11 is 0. The van der Waals surface area contributed by atoms with Crippen molar-refractivity contribution in [3.63, 3.8) is 0 Å². The Bertz CT molecular complexity index is 247. The minimum absolute atomic E-state index is 0.0525.